The molecule has 0 fully saturated rings. The van der Waals surface area contributed by atoms with Crippen molar-refractivity contribution in [1.82, 2.24) is 5.32 Å². The van der Waals surface area contributed by atoms with Crippen molar-refractivity contribution in [2.75, 3.05) is 6.61 Å². The molecule has 0 bridgehead atoms. The van der Waals surface area contributed by atoms with Crippen LogP contribution in [0.15, 0.2) is 72.9 Å². The van der Waals surface area contributed by atoms with Gasteiger partial charge in [-0.3, -0.25) is 9.59 Å². The van der Waals surface area contributed by atoms with Crippen molar-refractivity contribution in [3.8, 4) is 0 Å². The molecule has 0 aliphatic heterocycles. The number of unbranched alkanes of at least 4 members (excludes halogenated alkanes) is 21. The molecule has 58 heavy (non-hydrogen) atoms. The van der Waals surface area contributed by atoms with Crippen molar-refractivity contribution in [2.24, 2.45) is 0 Å². The molecule has 0 aromatic heterocycles. The average molecular weight is 810 g/mol. The maximum Gasteiger partial charge on any atom is 0.306 e. The molecule has 6 nitrogen and oxygen atoms in total. The van der Waals surface area contributed by atoms with Gasteiger partial charge in [-0.05, 0) is 64.2 Å². The van der Waals surface area contributed by atoms with Crippen molar-refractivity contribution in [1.29, 1.82) is 0 Å². The largest absolute Gasteiger partial charge is 0.462 e. The summed E-state index contributed by atoms with van der Waals surface area (Å²) in [4.78, 5) is 26.0. The first kappa shape index (κ1) is 55.3. The first-order valence-electron chi connectivity index (χ1n) is 24.2. The average Bonchev–Trinajstić information content (AvgIpc) is 3.22. The number of carbonyl (C=O) groups is 2. The molecule has 3 N–H and O–H groups in total. The molecule has 6 heteroatoms. The highest BCUT2D eigenvalue weighted by atomic mass is 16.5. The fourth-order valence-corrected chi connectivity index (χ4v) is 7.01. The smallest absolute Gasteiger partial charge is 0.306 e. The molecule has 0 aromatic rings. The van der Waals surface area contributed by atoms with Crippen molar-refractivity contribution < 1.29 is 24.5 Å². The van der Waals surface area contributed by atoms with Crippen molar-refractivity contribution in [3.63, 3.8) is 0 Å². The molecular formula is C52H91NO5. The summed E-state index contributed by atoms with van der Waals surface area (Å²) >= 11 is 0. The van der Waals surface area contributed by atoms with Crippen LogP contribution in [0.3, 0.4) is 0 Å². The van der Waals surface area contributed by atoms with Gasteiger partial charge in [-0.1, -0.05) is 216 Å². The SMILES string of the molecule is CC/C=C/C=C/C=C\C=C/CCCC(CC(=O)NC(CO)C(O)CCCCCCCCCCCCCCCC)OC(=O)CCCCCCCCC/C=C/C/C=C/CC. The van der Waals surface area contributed by atoms with Gasteiger partial charge < -0.3 is 20.3 Å². The van der Waals surface area contributed by atoms with Gasteiger partial charge in [0.05, 0.1) is 25.2 Å². The van der Waals surface area contributed by atoms with Crippen molar-refractivity contribution in [3.05, 3.63) is 72.9 Å². The van der Waals surface area contributed by atoms with Crippen LogP contribution >= 0.6 is 0 Å². The minimum Gasteiger partial charge on any atom is -0.462 e. The lowest BCUT2D eigenvalue weighted by atomic mass is 10.0. The fraction of sp³-hybridized carbons (Fsp3) is 0.731. The van der Waals surface area contributed by atoms with Gasteiger partial charge in [0.1, 0.15) is 6.10 Å². The van der Waals surface area contributed by atoms with E-state index in [1.807, 2.05) is 36.5 Å². The normalized spacial score (nSPS) is 13.9. The van der Waals surface area contributed by atoms with Crippen LogP contribution < -0.4 is 5.32 Å². The maximum atomic E-state index is 13.1. The molecule has 0 spiro atoms. The number of aliphatic hydroxyl groups excluding tert-OH is 2. The number of rotatable bonds is 42. The van der Waals surface area contributed by atoms with E-state index in [0.29, 0.717) is 19.3 Å². The van der Waals surface area contributed by atoms with E-state index in [1.54, 1.807) is 0 Å². The Bertz CT molecular complexity index is 1090. The number of esters is 1. The third kappa shape index (κ3) is 40.1. The van der Waals surface area contributed by atoms with E-state index < -0.39 is 18.2 Å². The molecule has 0 rings (SSSR count). The highest BCUT2D eigenvalue weighted by molar-refractivity contribution is 5.77. The topological polar surface area (TPSA) is 95.9 Å². The van der Waals surface area contributed by atoms with Crippen LogP contribution in [-0.2, 0) is 14.3 Å². The third-order valence-corrected chi connectivity index (χ3v) is 10.6. The summed E-state index contributed by atoms with van der Waals surface area (Å²) in [6.07, 6.45) is 56.8. The Morgan fingerprint density at radius 3 is 1.62 bits per heavy atom. The van der Waals surface area contributed by atoms with Gasteiger partial charge >= 0.3 is 5.97 Å². The Morgan fingerprint density at radius 1 is 0.534 bits per heavy atom. The zero-order valence-electron chi connectivity index (χ0n) is 37.9. The lowest BCUT2D eigenvalue weighted by molar-refractivity contribution is -0.151. The molecule has 0 saturated carbocycles. The van der Waals surface area contributed by atoms with Gasteiger partial charge in [-0.25, -0.2) is 0 Å². The number of amides is 1. The summed E-state index contributed by atoms with van der Waals surface area (Å²) < 4.78 is 5.87. The molecule has 0 saturated heterocycles. The number of aliphatic hydroxyl groups is 2. The van der Waals surface area contributed by atoms with E-state index >= 15 is 0 Å². The fourth-order valence-electron chi connectivity index (χ4n) is 7.01. The van der Waals surface area contributed by atoms with Crippen LogP contribution in [0.5, 0.6) is 0 Å². The standard InChI is InChI=1S/C52H91NO5/c1-4-7-10-13-16-19-22-24-26-29-32-35-38-41-44-50(55)49(47-54)53-51(56)46-48(43-40-37-34-31-28-21-18-15-12-9-6-3)58-52(57)45-42-39-36-33-30-27-25-23-20-17-14-11-8-5-2/h8-9,11-12,15,17-18,20-21,28,31,34,48-50,54-55H,4-7,10,13-14,16,19,22-27,29-30,32-33,35-47H2,1-3H3,(H,53,56)/b11-8+,12-9+,18-15+,20-17+,28-21-,34-31-. The van der Waals surface area contributed by atoms with Crippen LogP contribution in [-0.4, -0.2) is 46.9 Å². The number of hydrogen-bond acceptors (Lipinski definition) is 5. The van der Waals surface area contributed by atoms with Crippen molar-refractivity contribution in [2.45, 2.75) is 238 Å². The van der Waals surface area contributed by atoms with E-state index in [9.17, 15) is 19.8 Å². The molecule has 3 atom stereocenters. The first-order chi connectivity index (χ1) is 28.5. The van der Waals surface area contributed by atoms with E-state index in [4.69, 9.17) is 4.74 Å². The van der Waals surface area contributed by atoms with Gasteiger partial charge in [-0.15, -0.1) is 0 Å². The van der Waals surface area contributed by atoms with Crippen LogP contribution in [0.1, 0.15) is 220 Å². The van der Waals surface area contributed by atoms with E-state index in [1.165, 1.54) is 96.3 Å². The monoisotopic (exact) mass is 810 g/mol. The molecule has 3 unspecified atom stereocenters. The van der Waals surface area contributed by atoms with E-state index in [2.05, 4.69) is 62.5 Å². The first-order valence-corrected chi connectivity index (χ1v) is 24.2. The Balaban J connectivity index is 4.62. The molecule has 0 radical (unpaired) electrons. The molecule has 334 valence electrons. The second-order valence-electron chi connectivity index (χ2n) is 16.2. The second-order valence-corrected chi connectivity index (χ2v) is 16.2. The van der Waals surface area contributed by atoms with E-state index in [-0.39, 0.29) is 24.9 Å². The van der Waals surface area contributed by atoms with Crippen molar-refractivity contribution >= 4 is 11.9 Å². The maximum absolute atomic E-state index is 13.1. The van der Waals surface area contributed by atoms with Gasteiger partial charge in [0.15, 0.2) is 0 Å². The summed E-state index contributed by atoms with van der Waals surface area (Å²) in [6, 6.07) is -0.725. The van der Waals surface area contributed by atoms with Crippen LogP contribution in [0, 0.1) is 0 Å². The summed E-state index contributed by atoms with van der Waals surface area (Å²) in [6.45, 7) is 6.20. The van der Waals surface area contributed by atoms with E-state index in [0.717, 1.165) is 77.0 Å². The quantitative estimate of drug-likeness (QED) is 0.0247. The number of nitrogens with one attached hydrogen (secondary N) is 1. The summed E-state index contributed by atoms with van der Waals surface area (Å²) in [5, 5.41) is 23.7. The second kappa shape index (κ2) is 45.4. The van der Waals surface area contributed by atoms with Gasteiger partial charge in [-0.2, -0.15) is 0 Å². The van der Waals surface area contributed by atoms with Gasteiger partial charge in [0.25, 0.3) is 0 Å². The minimum absolute atomic E-state index is 0.0259. The predicted octanol–water partition coefficient (Wildman–Crippen LogP) is 14.2. The zero-order chi connectivity index (χ0) is 42.4. The van der Waals surface area contributed by atoms with Crippen LogP contribution in [0.2, 0.25) is 0 Å². The molecule has 1 amide bonds. The Hall–Kier alpha value is -2.70. The van der Waals surface area contributed by atoms with Crippen LogP contribution in [0.25, 0.3) is 0 Å². The van der Waals surface area contributed by atoms with Gasteiger partial charge in [0.2, 0.25) is 5.91 Å². The number of ether oxygens (including phenoxy) is 1. The Kier molecular flexibility index (Phi) is 43.3. The molecule has 0 heterocycles. The molecular weight excluding hydrogens is 719 g/mol. The Morgan fingerprint density at radius 2 is 1.03 bits per heavy atom. The zero-order valence-corrected chi connectivity index (χ0v) is 37.9. The summed E-state index contributed by atoms with van der Waals surface area (Å²) in [7, 11) is 0. The molecule has 0 aliphatic rings. The molecule has 0 aliphatic carbocycles. The van der Waals surface area contributed by atoms with Crippen LogP contribution in [0.4, 0.5) is 0 Å². The lowest BCUT2D eigenvalue weighted by Gasteiger charge is -2.24. The Labute approximate surface area is 358 Å². The minimum atomic E-state index is -0.808. The number of hydrogen-bond donors (Lipinski definition) is 3. The lowest BCUT2D eigenvalue weighted by Crippen LogP contribution is -2.46. The highest BCUT2D eigenvalue weighted by Crippen LogP contribution is 2.17. The molecule has 0 aromatic carbocycles. The predicted molar refractivity (Wildman–Crippen MR) is 250 cm³/mol. The number of carbonyl (C=O) groups excluding carboxylic acids is 2. The summed E-state index contributed by atoms with van der Waals surface area (Å²) in [5.74, 6) is -0.555. The van der Waals surface area contributed by atoms with Gasteiger partial charge in [0, 0.05) is 6.42 Å². The summed E-state index contributed by atoms with van der Waals surface area (Å²) in [5.41, 5.74) is 0. The number of allylic oxidation sites excluding steroid dienone is 12. The highest BCUT2D eigenvalue weighted by Gasteiger charge is 2.24. The third-order valence-electron chi connectivity index (χ3n) is 10.6.